The zero-order valence-electron chi connectivity index (χ0n) is 11.3. The van der Waals surface area contributed by atoms with E-state index in [1.54, 1.807) is 0 Å². The van der Waals surface area contributed by atoms with Crippen LogP contribution < -0.4 is 10.1 Å². The fourth-order valence-corrected chi connectivity index (χ4v) is 2.80. The standard InChI is InChI=1S/C17H14N2O2/c20-17(12-5-3-6-14-11(12)8-9-18-14)19-15-10-21-16-7-2-1-4-13(15)16/h1-9,15,18H,10H2,(H,19,20). The van der Waals surface area contributed by atoms with Gasteiger partial charge in [0, 0.05) is 28.2 Å². The Hall–Kier alpha value is -2.75. The Balaban J connectivity index is 1.64. The van der Waals surface area contributed by atoms with Crippen LogP contribution in [0.15, 0.2) is 54.7 Å². The molecule has 0 aliphatic carbocycles. The normalized spacial score (nSPS) is 16.5. The summed E-state index contributed by atoms with van der Waals surface area (Å²) >= 11 is 0. The Morgan fingerprint density at radius 2 is 2.05 bits per heavy atom. The Morgan fingerprint density at radius 1 is 1.14 bits per heavy atom. The second kappa shape index (κ2) is 4.66. The number of ether oxygens (including phenoxy) is 1. The highest BCUT2D eigenvalue weighted by Crippen LogP contribution is 2.32. The molecule has 4 heteroatoms. The van der Waals surface area contributed by atoms with Gasteiger partial charge in [-0.1, -0.05) is 24.3 Å². The maximum atomic E-state index is 12.5. The largest absolute Gasteiger partial charge is 0.491 e. The van der Waals surface area contributed by atoms with Crippen LogP contribution >= 0.6 is 0 Å². The van der Waals surface area contributed by atoms with Crippen molar-refractivity contribution in [1.29, 1.82) is 0 Å². The molecule has 0 saturated heterocycles. The van der Waals surface area contributed by atoms with Crippen molar-refractivity contribution in [3.05, 3.63) is 65.9 Å². The van der Waals surface area contributed by atoms with Crippen molar-refractivity contribution in [3.8, 4) is 5.75 Å². The van der Waals surface area contributed by atoms with E-state index in [1.165, 1.54) is 0 Å². The number of hydrogen-bond acceptors (Lipinski definition) is 2. The summed E-state index contributed by atoms with van der Waals surface area (Å²) in [6.07, 6.45) is 1.84. The van der Waals surface area contributed by atoms with Crippen LogP contribution in [0.3, 0.4) is 0 Å². The summed E-state index contributed by atoms with van der Waals surface area (Å²) in [6, 6.07) is 15.3. The van der Waals surface area contributed by atoms with Crippen LogP contribution in [0.2, 0.25) is 0 Å². The average Bonchev–Trinajstić information content (AvgIpc) is 3.14. The monoisotopic (exact) mass is 278 g/mol. The van der Waals surface area contributed by atoms with Crippen LogP contribution in [-0.2, 0) is 0 Å². The first-order valence-electron chi connectivity index (χ1n) is 6.91. The lowest BCUT2D eigenvalue weighted by Gasteiger charge is -2.12. The first kappa shape index (κ1) is 12.0. The number of carbonyl (C=O) groups excluding carboxylic acids is 1. The fraction of sp³-hybridized carbons (Fsp3) is 0.118. The SMILES string of the molecule is O=C(NC1COc2ccccc21)c1cccc2[nH]ccc12. The van der Waals surface area contributed by atoms with E-state index in [4.69, 9.17) is 4.74 Å². The number of nitrogens with one attached hydrogen (secondary N) is 2. The van der Waals surface area contributed by atoms with Gasteiger partial charge in [-0.15, -0.1) is 0 Å². The number of fused-ring (bicyclic) bond motifs is 2. The molecule has 1 unspecified atom stereocenters. The van der Waals surface area contributed by atoms with E-state index in [1.807, 2.05) is 54.7 Å². The first-order valence-corrected chi connectivity index (χ1v) is 6.91. The highest BCUT2D eigenvalue weighted by Gasteiger charge is 2.25. The van der Waals surface area contributed by atoms with Crippen LogP contribution in [0, 0.1) is 0 Å². The van der Waals surface area contributed by atoms with Gasteiger partial charge in [0.1, 0.15) is 12.4 Å². The fourth-order valence-electron chi connectivity index (χ4n) is 2.80. The number of H-pyrrole nitrogens is 1. The number of benzene rings is 2. The second-order valence-electron chi connectivity index (χ2n) is 5.12. The van der Waals surface area contributed by atoms with Gasteiger partial charge in [-0.05, 0) is 24.3 Å². The lowest BCUT2D eigenvalue weighted by molar-refractivity contribution is 0.0932. The summed E-state index contributed by atoms with van der Waals surface area (Å²) in [6.45, 7) is 0.480. The zero-order chi connectivity index (χ0) is 14.2. The third-order valence-electron chi connectivity index (χ3n) is 3.84. The average molecular weight is 278 g/mol. The van der Waals surface area contributed by atoms with Gasteiger partial charge in [0.15, 0.2) is 0 Å². The van der Waals surface area contributed by atoms with E-state index in [0.717, 1.165) is 22.2 Å². The van der Waals surface area contributed by atoms with Crippen molar-refractivity contribution < 1.29 is 9.53 Å². The van der Waals surface area contributed by atoms with E-state index in [-0.39, 0.29) is 11.9 Å². The van der Waals surface area contributed by atoms with Gasteiger partial charge in [0.05, 0.1) is 6.04 Å². The van der Waals surface area contributed by atoms with Gasteiger partial charge in [0.2, 0.25) is 0 Å². The predicted octanol–water partition coefficient (Wildman–Crippen LogP) is 3.03. The molecule has 3 aromatic rings. The second-order valence-corrected chi connectivity index (χ2v) is 5.12. The van der Waals surface area contributed by atoms with Crippen LogP contribution in [0.25, 0.3) is 10.9 Å². The molecule has 0 radical (unpaired) electrons. The summed E-state index contributed by atoms with van der Waals surface area (Å²) in [5.41, 5.74) is 2.68. The number of aromatic amines is 1. The summed E-state index contributed by atoms with van der Waals surface area (Å²) in [5.74, 6) is 0.771. The third-order valence-corrected chi connectivity index (χ3v) is 3.84. The molecule has 2 N–H and O–H groups in total. The van der Waals surface area contributed by atoms with Crippen molar-refractivity contribution in [2.24, 2.45) is 0 Å². The highest BCUT2D eigenvalue weighted by molar-refractivity contribution is 6.06. The minimum Gasteiger partial charge on any atom is -0.491 e. The van der Waals surface area contributed by atoms with Crippen molar-refractivity contribution in [2.45, 2.75) is 6.04 Å². The molecule has 1 atom stereocenters. The number of aromatic nitrogens is 1. The topological polar surface area (TPSA) is 54.1 Å². The van der Waals surface area contributed by atoms with E-state index in [2.05, 4.69) is 10.3 Å². The number of para-hydroxylation sites is 1. The highest BCUT2D eigenvalue weighted by atomic mass is 16.5. The van der Waals surface area contributed by atoms with Gasteiger partial charge >= 0.3 is 0 Å². The molecule has 2 aromatic carbocycles. The molecule has 1 amide bonds. The molecule has 0 fully saturated rings. The number of rotatable bonds is 2. The lowest BCUT2D eigenvalue weighted by atomic mass is 10.1. The number of amides is 1. The van der Waals surface area contributed by atoms with E-state index < -0.39 is 0 Å². The molecule has 104 valence electrons. The van der Waals surface area contributed by atoms with Gasteiger partial charge in [-0.3, -0.25) is 4.79 Å². The summed E-state index contributed by atoms with van der Waals surface area (Å²) in [7, 11) is 0. The minimum atomic E-state index is -0.0945. The third kappa shape index (κ3) is 1.96. The molecule has 0 spiro atoms. The summed E-state index contributed by atoms with van der Waals surface area (Å²) < 4.78 is 5.60. The van der Waals surface area contributed by atoms with Crippen LogP contribution in [0.1, 0.15) is 22.0 Å². The molecule has 1 aliphatic rings. The Labute approximate surface area is 121 Å². The number of carbonyl (C=O) groups is 1. The summed E-state index contributed by atoms with van der Waals surface area (Å²) in [4.78, 5) is 15.7. The molecule has 1 aliphatic heterocycles. The molecule has 1 aromatic heterocycles. The zero-order valence-corrected chi connectivity index (χ0v) is 11.3. The first-order chi connectivity index (χ1) is 10.3. The molecular weight excluding hydrogens is 264 g/mol. The van der Waals surface area contributed by atoms with E-state index >= 15 is 0 Å². The van der Waals surface area contributed by atoms with Crippen molar-refractivity contribution >= 4 is 16.8 Å². The summed E-state index contributed by atoms with van der Waals surface area (Å²) in [5, 5.41) is 3.99. The van der Waals surface area contributed by atoms with Crippen molar-refractivity contribution in [3.63, 3.8) is 0 Å². The molecule has 21 heavy (non-hydrogen) atoms. The Bertz CT molecular complexity index is 822. The Kier molecular flexibility index (Phi) is 2.67. The molecular formula is C17H14N2O2. The maximum Gasteiger partial charge on any atom is 0.252 e. The molecule has 2 heterocycles. The number of hydrogen-bond donors (Lipinski definition) is 2. The molecule has 0 bridgehead atoms. The van der Waals surface area contributed by atoms with E-state index in [0.29, 0.717) is 12.2 Å². The molecule has 0 saturated carbocycles. The van der Waals surface area contributed by atoms with E-state index in [9.17, 15) is 4.79 Å². The van der Waals surface area contributed by atoms with Gasteiger partial charge in [-0.25, -0.2) is 0 Å². The Morgan fingerprint density at radius 3 is 3.00 bits per heavy atom. The smallest absolute Gasteiger partial charge is 0.252 e. The van der Waals surface area contributed by atoms with Crippen molar-refractivity contribution in [2.75, 3.05) is 6.61 Å². The molecule has 4 rings (SSSR count). The van der Waals surface area contributed by atoms with Gasteiger partial charge in [-0.2, -0.15) is 0 Å². The quantitative estimate of drug-likeness (QED) is 0.757. The molecule has 4 nitrogen and oxygen atoms in total. The van der Waals surface area contributed by atoms with Crippen LogP contribution in [-0.4, -0.2) is 17.5 Å². The maximum absolute atomic E-state index is 12.5. The minimum absolute atomic E-state index is 0.0782. The predicted molar refractivity (Wildman–Crippen MR) is 80.4 cm³/mol. The lowest BCUT2D eigenvalue weighted by Crippen LogP contribution is -2.29. The van der Waals surface area contributed by atoms with Crippen LogP contribution in [0.4, 0.5) is 0 Å². The van der Waals surface area contributed by atoms with Gasteiger partial charge in [0.25, 0.3) is 5.91 Å². The van der Waals surface area contributed by atoms with Crippen molar-refractivity contribution in [1.82, 2.24) is 10.3 Å². The van der Waals surface area contributed by atoms with Gasteiger partial charge < -0.3 is 15.0 Å². The van der Waals surface area contributed by atoms with Crippen LogP contribution in [0.5, 0.6) is 5.75 Å².